The van der Waals surface area contributed by atoms with E-state index < -0.39 is 0 Å². The standard InChI is InChI=1S/C21H27NO/c1-3-8-17(4-2)13-14-22-16-20-12-11-19(15-21(20)23)18-9-6-5-7-10-18/h3,5-7,9-12,15,17,22-23H,1,4,8,13-14,16H2,2H3. The van der Waals surface area contributed by atoms with E-state index in [2.05, 4.69) is 37.0 Å². The van der Waals surface area contributed by atoms with Gasteiger partial charge in [-0.25, -0.2) is 0 Å². The van der Waals surface area contributed by atoms with Crippen LogP contribution in [0.3, 0.4) is 0 Å². The number of phenols is 1. The summed E-state index contributed by atoms with van der Waals surface area (Å²) in [6.07, 6.45) is 5.41. The first-order valence-corrected chi connectivity index (χ1v) is 8.43. The molecule has 0 radical (unpaired) electrons. The lowest BCUT2D eigenvalue weighted by atomic mass is 9.98. The maximum atomic E-state index is 10.2. The molecule has 2 aromatic rings. The average molecular weight is 309 g/mol. The highest BCUT2D eigenvalue weighted by molar-refractivity contribution is 5.65. The summed E-state index contributed by atoms with van der Waals surface area (Å²) in [5, 5.41) is 13.7. The van der Waals surface area contributed by atoms with E-state index >= 15 is 0 Å². The molecule has 0 aromatic heterocycles. The van der Waals surface area contributed by atoms with Crippen molar-refractivity contribution in [2.24, 2.45) is 5.92 Å². The largest absolute Gasteiger partial charge is 0.508 e. The molecule has 1 atom stereocenters. The molecular formula is C21H27NO. The lowest BCUT2D eigenvalue weighted by Crippen LogP contribution is -2.17. The van der Waals surface area contributed by atoms with E-state index in [-0.39, 0.29) is 0 Å². The van der Waals surface area contributed by atoms with Crippen LogP contribution in [0.4, 0.5) is 0 Å². The Morgan fingerprint density at radius 3 is 2.57 bits per heavy atom. The Kier molecular flexibility index (Phi) is 6.89. The predicted octanol–water partition coefficient (Wildman–Crippen LogP) is 5.14. The minimum Gasteiger partial charge on any atom is -0.508 e. The molecule has 0 aliphatic rings. The lowest BCUT2D eigenvalue weighted by molar-refractivity contribution is 0.445. The highest BCUT2D eigenvalue weighted by Crippen LogP contribution is 2.26. The van der Waals surface area contributed by atoms with Crippen molar-refractivity contribution in [1.29, 1.82) is 0 Å². The van der Waals surface area contributed by atoms with Gasteiger partial charge >= 0.3 is 0 Å². The zero-order chi connectivity index (χ0) is 16.5. The molecule has 0 amide bonds. The second-order valence-electron chi connectivity index (χ2n) is 5.97. The van der Waals surface area contributed by atoms with Gasteiger partial charge in [0.1, 0.15) is 5.75 Å². The molecule has 2 heteroatoms. The Bertz CT molecular complexity index is 606. The molecule has 2 N–H and O–H groups in total. The van der Waals surface area contributed by atoms with Gasteiger partial charge in [0.25, 0.3) is 0 Å². The number of rotatable bonds is 9. The fourth-order valence-electron chi connectivity index (χ4n) is 2.78. The summed E-state index contributed by atoms with van der Waals surface area (Å²) in [6.45, 7) is 7.70. The fourth-order valence-corrected chi connectivity index (χ4v) is 2.78. The summed E-state index contributed by atoms with van der Waals surface area (Å²) in [5.41, 5.74) is 3.11. The van der Waals surface area contributed by atoms with Crippen molar-refractivity contribution in [3.8, 4) is 16.9 Å². The second kappa shape index (κ2) is 9.16. The molecule has 2 nitrogen and oxygen atoms in total. The van der Waals surface area contributed by atoms with Gasteiger partial charge in [-0.2, -0.15) is 0 Å². The number of hydrogen-bond donors (Lipinski definition) is 2. The number of phenolic OH excluding ortho intramolecular Hbond substituents is 1. The molecule has 0 fully saturated rings. The van der Waals surface area contributed by atoms with Gasteiger partial charge in [-0.05, 0) is 42.5 Å². The Morgan fingerprint density at radius 1 is 1.13 bits per heavy atom. The fraction of sp³-hybridized carbons (Fsp3) is 0.333. The number of hydrogen-bond acceptors (Lipinski definition) is 2. The molecule has 0 aliphatic carbocycles. The van der Waals surface area contributed by atoms with E-state index in [1.165, 1.54) is 6.42 Å². The molecule has 2 rings (SSSR count). The monoisotopic (exact) mass is 309 g/mol. The average Bonchev–Trinajstić information content (AvgIpc) is 2.59. The molecule has 122 valence electrons. The van der Waals surface area contributed by atoms with Crippen LogP contribution >= 0.6 is 0 Å². The topological polar surface area (TPSA) is 32.3 Å². The van der Waals surface area contributed by atoms with Gasteiger partial charge in [0.2, 0.25) is 0 Å². The molecule has 1 unspecified atom stereocenters. The zero-order valence-electron chi connectivity index (χ0n) is 14.0. The molecule has 0 saturated heterocycles. The summed E-state index contributed by atoms with van der Waals surface area (Å²) in [6, 6.07) is 16.0. The van der Waals surface area contributed by atoms with Crippen molar-refractivity contribution >= 4 is 0 Å². The third-order valence-electron chi connectivity index (χ3n) is 4.31. The molecule has 0 spiro atoms. The van der Waals surface area contributed by atoms with Crippen molar-refractivity contribution in [1.82, 2.24) is 5.32 Å². The zero-order valence-corrected chi connectivity index (χ0v) is 14.0. The molecule has 2 aromatic carbocycles. The van der Waals surface area contributed by atoms with Crippen LogP contribution in [0.1, 0.15) is 31.7 Å². The number of nitrogens with one attached hydrogen (secondary N) is 1. The van der Waals surface area contributed by atoms with Gasteiger partial charge in [0.15, 0.2) is 0 Å². The first kappa shape index (κ1) is 17.3. The smallest absolute Gasteiger partial charge is 0.120 e. The Labute approximate surface area is 139 Å². The maximum Gasteiger partial charge on any atom is 0.120 e. The quantitative estimate of drug-likeness (QED) is 0.496. The molecule has 23 heavy (non-hydrogen) atoms. The van der Waals surface area contributed by atoms with Crippen LogP contribution in [-0.4, -0.2) is 11.7 Å². The van der Waals surface area contributed by atoms with Gasteiger partial charge in [0, 0.05) is 12.1 Å². The minimum absolute atomic E-state index is 0.358. The Morgan fingerprint density at radius 2 is 1.91 bits per heavy atom. The van der Waals surface area contributed by atoms with Crippen LogP contribution in [0, 0.1) is 5.92 Å². The predicted molar refractivity (Wildman–Crippen MR) is 98.5 cm³/mol. The lowest BCUT2D eigenvalue weighted by Gasteiger charge is -2.13. The second-order valence-corrected chi connectivity index (χ2v) is 5.97. The first-order chi connectivity index (χ1) is 11.2. The van der Waals surface area contributed by atoms with E-state index in [1.54, 1.807) is 0 Å². The van der Waals surface area contributed by atoms with Crippen molar-refractivity contribution in [2.75, 3.05) is 6.54 Å². The maximum absolute atomic E-state index is 10.2. The van der Waals surface area contributed by atoms with Crippen LogP contribution < -0.4 is 5.32 Å². The summed E-state index contributed by atoms with van der Waals surface area (Å²) in [4.78, 5) is 0. The van der Waals surface area contributed by atoms with Crippen LogP contribution in [-0.2, 0) is 6.54 Å². The SMILES string of the molecule is C=CCC(CC)CCNCc1ccc(-c2ccccc2)cc1O. The van der Waals surface area contributed by atoms with E-state index in [1.807, 2.05) is 36.4 Å². The van der Waals surface area contributed by atoms with Crippen molar-refractivity contribution in [3.63, 3.8) is 0 Å². The van der Waals surface area contributed by atoms with Gasteiger partial charge in [-0.3, -0.25) is 0 Å². The van der Waals surface area contributed by atoms with Crippen molar-refractivity contribution in [2.45, 2.75) is 32.7 Å². The molecular weight excluding hydrogens is 282 g/mol. The summed E-state index contributed by atoms with van der Waals surface area (Å²) in [7, 11) is 0. The third-order valence-corrected chi connectivity index (χ3v) is 4.31. The minimum atomic E-state index is 0.358. The van der Waals surface area contributed by atoms with Crippen molar-refractivity contribution < 1.29 is 5.11 Å². The molecule has 0 aliphatic heterocycles. The van der Waals surface area contributed by atoms with Crippen LogP contribution in [0.25, 0.3) is 11.1 Å². The van der Waals surface area contributed by atoms with Crippen LogP contribution in [0.15, 0.2) is 61.2 Å². The van der Waals surface area contributed by atoms with Crippen LogP contribution in [0.2, 0.25) is 0 Å². The highest BCUT2D eigenvalue weighted by atomic mass is 16.3. The molecule has 0 bridgehead atoms. The van der Waals surface area contributed by atoms with Gasteiger partial charge in [-0.15, -0.1) is 6.58 Å². The van der Waals surface area contributed by atoms with E-state index in [4.69, 9.17) is 0 Å². The van der Waals surface area contributed by atoms with E-state index in [9.17, 15) is 5.11 Å². The molecule has 0 saturated carbocycles. The number of benzene rings is 2. The van der Waals surface area contributed by atoms with Gasteiger partial charge in [-0.1, -0.05) is 61.9 Å². The summed E-state index contributed by atoms with van der Waals surface area (Å²) in [5.74, 6) is 1.06. The number of aromatic hydroxyl groups is 1. The number of allylic oxidation sites excluding steroid dienone is 1. The highest BCUT2D eigenvalue weighted by Gasteiger charge is 2.06. The van der Waals surface area contributed by atoms with Crippen LogP contribution in [0.5, 0.6) is 5.75 Å². The third kappa shape index (κ3) is 5.26. The normalized spacial score (nSPS) is 12.0. The molecule has 0 heterocycles. The summed E-state index contributed by atoms with van der Waals surface area (Å²) >= 11 is 0. The summed E-state index contributed by atoms with van der Waals surface area (Å²) < 4.78 is 0. The first-order valence-electron chi connectivity index (χ1n) is 8.43. The van der Waals surface area contributed by atoms with Gasteiger partial charge < -0.3 is 10.4 Å². The van der Waals surface area contributed by atoms with Crippen molar-refractivity contribution in [3.05, 3.63) is 66.7 Å². The van der Waals surface area contributed by atoms with Gasteiger partial charge in [0.05, 0.1) is 0 Å². The van der Waals surface area contributed by atoms with E-state index in [0.29, 0.717) is 18.2 Å². The Balaban J connectivity index is 1.88. The Hall–Kier alpha value is -2.06. The van der Waals surface area contributed by atoms with E-state index in [0.717, 1.165) is 36.1 Å².